The number of hydrogen-bond donors (Lipinski definition) is 0. The Labute approximate surface area is 203 Å². The lowest BCUT2D eigenvalue weighted by Gasteiger charge is -2.35. The van der Waals surface area contributed by atoms with Crippen LogP contribution in [0.15, 0.2) is 54.9 Å². The third kappa shape index (κ3) is 4.60. The fraction of sp³-hybridized carbons (Fsp3) is 0.296. The highest BCUT2D eigenvalue weighted by atomic mass is 19.2. The SMILES string of the molecule is Cn1c(Cc2ccccc2)c(C#N)c2ncnc(N3CCN(CCc4ccc(F)c(F)c4)CC3)c21. The first-order valence-corrected chi connectivity index (χ1v) is 11.7. The summed E-state index contributed by atoms with van der Waals surface area (Å²) in [6.45, 7) is 4.02. The largest absolute Gasteiger partial charge is 0.352 e. The summed E-state index contributed by atoms with van der Waals surface area (Å²) in [5.41, 5.74) is 5.03. The Hall–Kier alpha value is -3.83. The first-order chi connectivity index (χ1) is 17.0. The van der Waals surface area contributed by atoms with Crippen LogP contribution in [-0.4, -0.2) is 52.2 Å². The molecule has 1 fully saturated rings. The molecule has 0 radical (unpaired) electrons. The van der Waals surface area contributed by atoms with Crippen LogP contribution in [0.4, 0.5) is 14.6 Å². The van der Waals surface area contributed by atoms with E-state index in [0.717, 1.165) is 60.9 Å². The second-order valence-electron chi connectivity index (χ2n) is 8.88. The Kier molecular flexibility index (Phi) is 6.43. The summed E-state index contributed by atoms with van der Waals surface area (Å²) in [5, 5.41) is 9.94. The summed E-state index contributed by atoms with van der Waals surface area (Å²) in [7, 11) is 1.98. The summed E-state index contributed by atoms with van der Waals surface area (Å²) in [5.74, 6) is -0.773. The summed E-state index contributed by atoms with van der Waals surface area (Å²) in [6.07, 6.45) is 2.86. The molecule has 1 saturated heterocycles. The molecule has 1 aliphatic heterocycles. The molecule has 0 saturated carbocycles. The van der Waals surface area contributed by atoms with E-state index in [1.54, 1.807) is 12.4 Å². The first kappa shape index (κ1) is 22.9. The van der Waals surface area contributed by atoms with Gasteiger partial charge in [0.15, 0.2) is 17.5 Å². The molecule has 178 valence electrons. The van der Waals surface area contributed by atoms with Crippen LogP contribution in [0.1, 0.15) is 22.4 Å². The molecule has 35 heavy (non-hydrogen) atoms. The lowest BCUT2D eigenvalue weighted by atomic mass is 10.1. The molecule has 2 aromatic heterocycles. The monoisotopic (exact) mass is 472 g/mol. The molecule has 0 aliphatic carbocycles. The van der Waals surface area contributed by atoms with Crippen LogP contribution in [0.5, 0.6) is 0 Å². The van der Waals surface area contributed by atoms with Crippen molar-refractivity contribution in [3.8, 4) is 6.07 Å². The maximum Gasteiger partial charge on any atom is 0.159 e. The van der Waals surface area contributed by atoms with Gasteiger partial charge in [0, 0.05) is 51.9 Å². The van der Waals surface area contributed by atoms with E-state index in [9.17, 15) is 14.0 Å². The predicted molar refractivity (Wildman–Crippen MR) is 131 cm³/mol. The number of hydrogen-bond acceptors (Lipinski definition) is 5. The van der Waals surface area contributed by atoms with Crippen molar-refractivity contribution < 1.29 is 8.78 Å². The van der Waals surface area contributed by atoms with Gasteiger partial charge in [-0.25, -0.2) is 18.7 Å². The van der Waals surface area contributed by atoms with Crippen LogP contribution in [0, 0.1) is 23.0 Å². The Morgan fingerprint density at radius 2 is 1.71 bits per heavy atom. The highest BCUT2D eigenvalue weighted by Crippen LogP contribution is 2.31. The van der Waals surface area contributed by atoms with E-state index in [2.05, 4.69) is 42.5 Å². The quantitative estimate of drug-likeness (QED) is 0.423. The third-order valence-corrected chi connectivity index (χ3v) is 6.77. The van der Waals surface area contributed by atoms with E-state index in [1.807, 2.05) is 25.2 Å². The fourth-order valence-electron chi connectivity index (χ4n) is 4.81. The van der Waals surface area contributed by atoms with Crippen LogP contribution in [-0.2, 0) is 19.9 Å². The van der Waals surface area contributed by atoms with Crippen LogP contribution in [0.25, 0.3) is 11.0 Å². The van der Waals surface area contributed by atoms with Crippen molar-refractivity contribution in [3.05, 3.63) is 88.9 Å². The highest BCUT2D eigenvalue weighted by Gasteiger charge is 2.25. The molecule has 0 bridgehead atoms. The van der Waals surface area contributed by atoms with Gasteiger partial charge in [0.25, 0.3) is 0 Å². The van der Waals surface area contributed by atoms with E-state index in [0.29, 0.717) is 23.9 Å². The molecule has 5 rings (SSSR count). The highest BCUT2D eigenvalue weighted by molar-refractivity contribution is 5.92. The smallest absolute Gasteiger partial charge is 0.159 e. The molecule has 4 aromatic rings. The van der Waals surface area contributed by atoms with Crippen molar-refractivity contribution in [1.29, 1.82) is 5.26 Å². The average Bonchev–Trinajstić information content (AvgIpc) is 3.16. The second kappa shape index (κ2) is 9.80. The molecule has 6 nitrogen and oxygen atoms in total. The standard InChI is InChI=1S/C27H26F2N6/c1-33-24(16-19-5-3-2-4-6-19)21(17-30)25-26(33)27(32-18-31-25)35-13-11-34(12-14-35)10-9-20-7-8-22(28)23(29)15-20/h2-8,15,18H,9-14,16H2,1H3. The van der Waals surface area contributed by atoms with Gasteiger partial charge in [-0.15, -0.1) is 0 Å². The van der Waals surface area contributed by atoms with Gasteiger partial charge in [0.05, 0.1) is 5.56 Å². The number of nitrogens with zero attached hydrogens (tertiary/aromatic N) is 6. The number of piperazine rings is 1. The first-order valence-electron chi connectivity index (χ1n) is 11.7. The number of benzene rings is 2. The number of aryl methyl sites for hydroxylation is 1. The zero-order valence-electron chi connectivity index (χ0n) is 19.6. The minimum Gasteiger partial charge on any atom is -0.352 e. The molecular formula is C27H26F2N6. The van der Waals surface area contributed by atoms with Crippen LogP contribution in [0.3, 0.4) is 0 Å². The number of anilines is 1. The Bertz CT molecular complexity index is 1380. The topological polar surface area (TPSA) is 61.0 Å². The maximum atomic E-state index is 13.5. The Morgan fingerprint density at radius 1 is 0.943 bits per heavy atom. The van der Waals surface area contributed by atoms with Gasteiger partial charge in [-0.3, -0.25) is 4.90 Å². The molecule has 0 spiro atoms. The van der Waals surface area contributed by atoms with Gasteiger partial charge in [-0.2, -0.15) is 5.26 Å². The number of fused-ring (bicyclic) bond motifs is 1. The molecular weight excluding hydrogens is 446 g/mol. The number of nitriles is 1. The van der Waals surface area contributed by atoms with Gasteiger partial charge in [0.2, 0.25) is 0 Å². The molecule has 2 aromatic carbocycles. The van der Waals surface area contributed by atoms with Gasteiger partial charge in [0.1, 0.15) is 23.4 Å². The summed E-state index contributed by atoms with van der Waals surface area (Å²) in [4.78, 5) is 13.6. The van der Waals surface area contributed by atoms with Gasteiger partial charge >= 0.3 is 0 Å². The van der Waals surface area contributed by atoms with E-state index in [1.165, 1.54) is 12.1 Å². The van der Waals surface area contributed by atoms with Crippen LogP contribution in [0.2, 0.25) is 0 Å². The Morgan fingerprint density at radius 3 is 2.43 bits per heavy atom. The van der Waals surface area contributed by atoms with Crippen molar-refractivity contribution in [3.63, 3.8) is 0 Å². The summed E-state index contributed by atoms with van der Waals surface area (Å²) < 4.78 is 28.7. The van der Waals surface area contributed by atoms with E-state index < -0.39 is 11.6 Å². The van der Waals surface area contributed by atoms with Crippen LogP contribution >= 0.6 is 0 Å². The molecule has 8 heteroatoms. The third-order valence-electron chi connectivity index (χ3n) is 6.77. The molecule has 0 amide bonds. The van der Waals surface area contributed by atoms with Crippen molar-refractivity contribution in [1.82, 2.24) is 19.4 Å². The molecule has 1 aliphatic rings. The fourth-order valence-corrected chi connectivity index (χ4v) is 4.81. The normalized spacial score (nSPS) is 14.4. The van der Waals surface area contributed by atoms with Gasteiger partial charge < -0.3 is 9.47 Å². The predicted octanol–water partition coefficient (Wildman–Crippen LogP) is 4.07. The minimum atomic E-state index is -0.814. The minimum absolute atomic E-state index is 0.597. The molecule has 0 N–H and O–H groups in total. The molecule has 3 heterocycles. The lowest BCUT2D eigenvalue weighted by Crippen LogP contribution is -2.47. The van der Waals surface area contributed by atoms with Gasteiger partial charge in [-0.1, -0.05) is 36.4 Å². The molecule has 0 unspecified atom stereocenters. The van der Waals surface area contributed by atoms with Crippen molar-refractivity contribution in [2.45, 2.75) is 12.8 Å². The molecule has 0 atom stereocenters. The van der Waals surface area contributed by atoms with Crippen molar-refractivity contribution in [2.75, 3.05) is 37.6 Å². The maximum absolute atomic E-state index is 13.5. The van der Waals surface area contributed by atoms with Crippen LogP contribution < -0.4 is 4.90 Å². The van der Waals surface area contributed by atoms with Crippen molar-refractivity contribution in [2.24, 2.45) is 7.05 Å². The second-order valence-corrected chi connectivity index (χ2v) is 8.88. The van der Waals surface area contributed by atoms with E-state index >= 15 is 0 Å². The van der Waals surface area contributed by atoms with E-state index in [4.69, 9.17) is 0 Å². The number of aromatic nitrogens is 3. The zero-order valence-corrected chi connectivity index (χ0v) is 19.6. The zero-order chi connectivity index (χ0) is 24.4. The number of halogens is 2. The average molecular weight is 473 g/mol. The summed E-state index contributed by atoms with van der Waals surface area (Å²) in [6, 6.07) is 16.6. The summed E-state index contributed by atoms with van der Waals surface area (Å²) >= 11 is 0. The Balaban J connectivity index is 1.33. The van der Waals surface area contributed by atoms with Gasteiger partial charge in [-0.05, 0) is 29.7 Å². The lowest BCUT2D eigenvalue weighted by molar-refractivity contribution is 0.260. The number of rotatable bonds is 6. The van der Waals surface area contributed by atoms with E-state index in [-0.39, 0.29) is 0 Å². The van der Waals surface area contributed by atoms with Crippen molar-refractivity contribution >= 4 is 16.9 Å².